The lowest BCUT2D eigenvalue weighted by molar-refractivity contribution is -0.134. The van der Waals surface area contributed by atoms with Crippen LogP contribution in [0.1, 0.15) is 51.5 Å². The molecular formula is C24H37N3O3. The summed E-state index contributed by atoms with van der Waals surface area (Å²) in [5, 5.41) is 11.7. The van der Waals surface area contributed by atoms with Gasteiger partial charge in [-0.15, -0.1) is 0 Å². The van der Waals surface area contributed by atoms with E-state index in [0.717, 1.165) is 32.2 Å². The Kier molecular flexibility index (Phi) is 6.58. The van der Waals surface area contributed by atoms with E-state index >= 15 is 0 Å². The SMILES string of the molecule is CN(C)[C@]1(c2ccccc2)CC[C@@]2(CC1)CC(=O)N(CC(C)(C)C(=O)NCCO)C2. The molecule has 1 spiro atoms. The number of hydrogen-bond donors (Lipinski definition) is 2. The van der Waals surface area contributed by atoms with Gasteiger partial charge in [0.1, 0.15) is 0 Å². The van der Waals surface area contributed by atoms with Gasteiger partial charge in [-0.3, -0.25) is 14.5 Å². The Morgan fingerprint density at radius 1 is 1.17 bits per heavy atom. The summed E-state index contributed by atoms with van der Waals surface area (Å²) in [7, 11) is 4.31. The molecule has 2 fully saturated rings. The molecule has 0 unspecified atom stereocenters. The predicted molar refractivity (Wildman–Crippen MR) is 118 cm³/mol. The Hall–Kier alpha value is -1.92. The summed E-state index contributed by atoms with van der Waals surface area (Å²) in [5.41, 5.74) is 0.713. The van der Waals surface area contributed by atoms with E-state index in [-0.39, 0.29) is 35.9 Å². The first-order valence-electron chi connectivity index (χ1n) is 11.0. The minimum atomic E-state index is -0.678. The van der Waals surface area contributed by atoms with Gasteiger partial charge in [-0.25, -0.2) is 0 Å². The molecule has 6 heteroatoms. The van der Waals surface area contributed by atoms with Crippen molar-refractivity contribution in [3.8, 4) is 0 Å². The first-order valence-corrected chi connectivity index (χ1v) is 11.0. The lowest BCUT2D eigenvalue weighted by Gasteiger charge is -2.49. The fraction of sp³-hybridized carbons (Fsp3) is 0.667. The van der Waals surface area contributed by atoms with Gasteiger partial charge < -0.3 is 15.3 Å². The minimum absolute atomic E-state index is 0.0169. The Labute approximate surface area is 180 Å². The number of nitrogens with zero attached hydrogens (tertiary/aromatic N) is 2. The van der Waals surface area contributed by atoms with Crippen LogP contribution in [-0.2, 0) is 15.1 Å². The average Bonchev–Trinajstić information content (AvgIpc) is 3.01. The van der Waals surface area contributed by atoms with Crippen molar-refractivity contribution in [3.63, 3.8) is 0 Å². The van der Waals surface area contributed by atoms with Gasteiger partial charge in [-0.1, -0.05) is 30.3 Å². The molecule has 2 N–H and O–H groups in total. The number of hydrogen-bond acceptors (Lipinski definition) is 4. The van der Waals surface area contributed by atoms with Gasteiger partial charge in [0.15, 0.2) is 0 Å². The van der Waals surface area contributed by atoms with Gasteiger partial charge in [0.2, 0.25) is 11.8 Å². The number of aliphatic hydroxyl groups excluding tert-OH is 1. The molecule has 1 heterocycles. The molecule has 2 aliphatic rings. The van der Waals surface area contributed by atoms with Crippen molar-refractivity contribution in [3.05, 3.63) is 35.9 Å². The zero-order chi connectivity index (χ0) is 22.0. The van der Waals surface area contributed by atoms with Crippen LogP contribution >= 0.6 is 0 Å². The van der Waals surface area contributed by atoms with Crippen molar-refractivity contribution in [1.29, 1.82) is 0 Å². The Bertz CT molecular complexity index is 752. The van der Waals surface area contributed by atoms with E-state index in [0.29, 0.717) is 13.0 Å². The van der Waals surface area contributed by atoms with E-state index in [9.17, 15) is 9.59 Å². The number of likely N-dealkylation sites (tertiary alicyclic amines) is 1. The zero-order valence-corrected chi connectivity index (χ0v) is 18.9. The monoisotopic (exact) mass is 415 g/mol. The summed E-state index contributed by atoms with van der Waals surface area (Å²) >= 11 is 0. The maximum Gasteiger partial charge on any atom is 0.227 e. The van der Waals surface area contributed by atoms with Crippen molar-refractivity contribution in [2.24, 2.45) is 10.8 Å². The van der Waals surface area contributed by atoms with Crippen molar-refractivity contribution in [2.75, 3.05) is 40.3 Å². The van der Waals surface area contributed by atoms with Crippen LogP contribution in [0.5, 0.6) is 0 Å². The predicted octanol–water partition coefficient (Wildman–Crippen LogP) is 2.37. The van der Waals surface area contributed by atoms with Gasteiger partial charge >= 0.3 is 0 Å². The van der Waals surface area contributed by atoms with E-state index in [1.54, 1.807) is 0 Å². The molecule has 30 heavy (non-hydrogen) atoms. The van der Waals surface area contributed by atoms with E-state index in [1.807, 2.05) is 18.7 Å². The maximum atomic E-state index is 12.9. The van der Waals surface area contributed by atoms with Crippen LogP contribution < -0.4 is 5.32 Å². The fourth-order valence-corrected chi connectivity index (χ4v) is 5.35. The Balaban J connectivity index is 1.68. The minimum Gasteiger partial charge on any atom is -0.395 e. The fourth-order valence-electron chi connectivity index (χ4n) is 5.35. The second-order valence-electron chi connectivity index (χ2n) is 10.1. The zero-order valence-electron chi connectivity index (χ0n) is 18.9. The average molecular weight is 416 g/mol. The highest BCUT2D eigenvalue weighted by Crippen LogP contribution is 2.52. The van der Waals surface area contributed by atoms with Crippen LogP contribution in [-0.4, -0.2) is 67.1 Å². The van der Waals surface area contributed by atoms with Crippen LogP contribution in [0.3, 0.4) is 0 Å². The van der Waals surface area contributed by atoms with Gasteiger partial charge in [0.05, 0.1) is 12.0 Å². The highest BCUT2D eigenvalue weighted by atomic mass is 16.3. The van der Waals surface area contributed by atoms with Gasteiger partial charge in [-0.2, -0.15) is 0 Å². The lowest BCUT2D eigenvalue weighted by Crippen LogP contribution is -2.48. The highest BCUT2D eigenvalue weighted by Gasteiger charge is 2.51. The topological polar surface area (TPSA) is 72.9 Å². The second kappa shape index (κ2) is 8.67. The first kappa shape index (κ1) is 22.8. The van der Waals surface area contributed by atoms with Crippen molar-refractivity contribution in [1.82, 2.24) is 15.1 Å². The molecule has 0 atom stereocenters. The summed E-state index contributed by atoms with van der Waals surface area (Å²) in [6.07, 6.45) is 4.68. The number of benzene rings is 1. The Morgan fingerprint density at radius 3 is 2.37 bits per heavy atom. The van der Waals surface area contributed by atoms with Crippen molar-refractivity contribution >= 4 is 11.8 Å². The van der Waals surface area contributed by atoms with E-state index in [1.165, 1.54) is 5.56 Å². The summed E-state index contributed by atoms with van der Waals surface area (Å²) in [6.45, 7) is 5.05. The summed E-state index contributed by atoms with van der Waals surface area (Å²) in [4.78, 5) is 29.5. The highest BCUT2D eigenvalue weighted by molar-refractivity contribution is 5.84. The molecule has 6 nitrogen and oxygen atoms in total. The third-order valence-corrected chi connectivity index (χ3v) is 7.31. The van der Waals surface area contributed by atoms with Crippen LogP contribution in [0.4, 0.5) is 0 Å². The molecule has 166 valence electrons. The molecule has 0 bridgehead atoms. The molecule has 1 aromatic carbocycles. The third kappa shape index (κ3) is 4.40. The first-order chi connectivity index (χ1) is 14.1. The number of carbonyl (C=O) groups is 2. The normalized spacial score (nSPS) is 27.1. The van der Waals surface area contributed by atoms with E-state index in [4.69, 9.17) is 5.11 Å². The Morgan fingerprint density at radius 2 is 1.80 bits per heavy atom. The van der Waals surface area contributed by atoms with Crippen molar-refractivity contribution < 1.29 is 14.7 Å². The van der Waals surface area contributed by atoms with Crippen LogP contribution in [0.15, 0.2) is 30.3 Å². The summed E-state index contributed by atoms with van der Waals surface area (Å²) < 4.78 is 0. The maximum absolute atomic E-state index is 12.9. The standard InChI is InChI=1S/C24H37N3O3/c1-22(2,21(30)25-14-15-28)17-27-18-23(16-20(27)29)10-12-24(13-11-23,26(3)4)19-8-6-5-7-9-19/h5-9,28H,10-18H2,1-4H3,(H,25,30)/t23-,24-. The largest absolute Gasteiger partial charge is 0.395 e. The molecular weight excluding hydrogens is 378 g/mol. The molecule has 1 aliphatic heterocycles. The van der Waals surface area contributed by atoms with E-state index < -0.39 is 5.41 Å². The van der Waals surface area contributed by atoms with Gasteiger partial charge in [-0.05, 0) is 64.6 Å². The smallest absolute Gasteiger partial charge is 0.227 e. The number of aliphatic hydroxyl groups is 1. The molecule has 1 aromatic rings. The quantitative estimate of drug-likeness (QED) is 0.717. The number of carbonyl (C=O) groups excluding carboxylic acids is 2. The number of amides is 2. The summed E-state index contributed by atoms with van der Waals surface area (Å²) in [5.74, 6) is 0.0414. The molecule has 1 saturated heterocycles. The third-order valence-electron chi connectivity index (χ3n) is 7.31. The molecule has 1 aliphatic carbocycles. The molecule has 1 saturated carbocycles. The van der Waals surface area contributed by atoms with E-state index in [2.05, 4.69) is 54.6 Å². The summed E-state index contributed by atoms with van der Waals surface area (Å²) in [6, 6.07) is 10.7. The van der Waals surface area contributed by atoms with Crippen LogP contribution in [0, 0.1) is 10.8 Å². The van der Waals surface area contributed by atoms with Crippen molar-refractivity contribution in [2.45, 2.75) is 51.5 Å². The molecule has 0 radical (unpaired) electrons. The molecule has 2 amide bonds. The van der Waals surface area contributed by atoms with Crippen LogP contribution in [0.25, 0.3) is 0 Å². The number of rotatable bonds is 7. The molecule has 3 rings (SSSR count). The van der Waals surface area contributed by atoms with Crippen LogP contribution in [0.2, 0.25) is 0 Å². The van der Waals surface area contributed by atoms with Gasteiger partial charge in [0, 0.05) is 31.6 Å². The number of nitrogens with one attached hydrogen (secondary N) is 1. The van der Waals surface area contributed by atoms with Gasteiger partial charge in [0.25, 0.3) is 0 Å². The molecule has 0 aromatic heterocycles. The lowest BCUT2D eigenvalue weighted by atomic mass is 9.64. The second-order valence-corrected chi connectivity index (χ2v) is 10.1.